The molecule has 1 heterocycles. The zero-order valence-corrected chi connectivity index (χ0v) is 14.3. The maximum absolute atomic E-state index is 11.9. The van der Waals surface area contributed by atoms with Gasteiger partial charge in [-0.1, -0.05) is 46.6 Å². The third kappa shape index (κ3) is 4.30. The van der Waals surface area contributed by atoms with Gasteiger partial charge in [0.05, 0.1) is 27.2 Å². The van der Waals surface area contributed by atoms with Crippen molar-refractivity contribution in [2.24, 2.45) is 0 Å². The van der Waals surface area contributed by atoms with E-state index in [2.05, 4.69) is 10.3 Å². The average molecular weight is 366 g/mol. The summed E-state index contributed by atoms with van der Waals surface area (Å²) in [6, 6.07) is 3.02. The number of amides is 1. The number of aromatic nitrogens is 1. The molecular weight excluding hydrogens is 355 g/mol. The maximum atomic E-state index is 11.9. The molecule has 0 atom stereocenters. The number of halogens is 3. The molecule has 2 rings (SSSR count). The molecule has 0 spiro atoms. The number of hydrogen-bond donors (Lipinski definition) is 1. The molecule has 0 saturated carbocycles. The van der Waals surface area contributed by atoms with E-state index in [1.807, 2.05) is 13.8 Å². The van der Waals surface area contributed by atoms with Gasteiger partial charge in [-0.2, -0.15) is 0 Å². The fraction of sp³-hybridized carbons (Fsp3) is 0.231. The van der Waals surface area contributed by atoms with Gasteiger partial charge in [0.2, 0.25) is 5.91 Å². The molecule has 0 unspecified atom stereocenters. The number of carbonyl (C=O) groups excluding carboxylic acids is 1. The van der Waals surface area contributed by atoms with E-state index in [-0.39, 0.29) is 21.7 Å². The summed E-state index contributed by atoms with van der Waals surface area (Å²) >= 11 is 19.0. The first-order valence-electron chi connectivity index (χ1n) is 5.88. The Morgan fingerprint density at radius 1 is 1.29 bits per heavy atom. The lowest BCUT2D eigenvalue weighted by molar-refractivity contribution is -0.113. The first kappa shape index (κ1) is 16.5. The van der Waals surface area contributed by atoms with Crippen LogP contribution in [0.3, 0.4) is 0 Å². The first-order chi connectivity index (χ1) is 9.86. The second-order valence-corrected chi connectivity index (χ2v) is 6.38. The van der Waals surface area contributed by atoms with Crippen LogP contribution in [-0.4, -0.2) is 16.6 Å². The van der Waals surface area contributed by atoms with Gasteiger partial charge in [0, 0.05) is 5.02 Å². The van der Waals surface area contributed by atoms with Gasteiger partial charge in [-0.15, -0.1) is 0 Å². The number of benzene rings is 1. The van der Waals surface area contributed by atoms with Crippen LogP contribution in [0.25, 0.3) is 0 Å². The monoisotopic (exact) mass is 364 g/mol. The molecule has 0 fully saturated rings. The number of hydrogen-bond acceptors (Lipinski definition) is 4. The number of rotatable bonds is 4. The summed E-state index contributed by atoms with van der Waals surface area (Å²) in [7, 11) is 0. The standard InChI is InChI=1S/C13H11Cl3N2O2S/c1-6-7(2)20-13(17-6)21-5-11(19)18-12-9(15)3-8(14)4-10(12)16/h3-4H,5H2,1-2H3,(H,18,19). The fourth-order valence-electron chi connectivity index (χ4n) is 1.47. The molecular formula is C13H11Cl3N2O2S. The highest BCUT2D eigenvalue weighted by Gasteiger charge is 2.13. The van der Waals surface area contributed by atoms with E-state index in [0.29, 0.717) is 15.9 Å². The highest BCUT2D eigenvalue weighted by molar-refractivity contribution is 7.99. The summed E-state index contributed by atoms with van der Waals surface area (Å²) in [6.45, 7) is 3.66. The second kappa shape index (κ2) is 6.92. The van der Waals surface area contributed by atoms with E-state index in [0.717, 1.165) is 11.5 Å². The van der Waals surface area contributed by atoms with E-state index >= 15 is 0 Å². The number of nitrogens with zero attached hydrogens (tertiary/aromatic N) is 1. The molecule has 0 radical (unpaired) electrons. The highest BCUT2D eigenvalue weighted by Crippen LogP contribution is 2.33. The SMILES string of the molecule is Cc1nc(SCC(=O)Nc2c(Cl)cc(Cl)cc2Cl)oc1C. The molecule has 4 nitrogen and oxygen atoms in total. The van der Waals surface area contributed by atoms with E-state index in [1.54, 1.807) is 0 Å². The molecule has 0 saturated heterocycles. The Balaban J connectivity index is 1.99. The van der Waals surface area contributed by atoms with Crippen LogP contribution in [0, 0.1) is 13.8 Å². The van der Waals surface area contributed by atoms with Crippen LogP contribution in [-0.2, 0) is 4.79 Å². The Labute approximate surface area is 141 Å². The summed E-state index contributed by atoms with van der Waals surface area (Å²) in [5.74, 6) is 0.607. The molecule has 112 valence electrons. The van der Waals surface area contributed by atoms with Crippen LogP contribution < -0.4 is 5.32 Å². The number of anilines is 1. The van der Waals surface area contributed by atoms with Crippen molar-refractivity contribution in [1.82, 2.24) is 4.98 Å². The van der Waals surface area contributed by atoms with Gasteiger partial charge in [-0.25, -0.2) is 4.98 Å². The molecule has 0 aliphatic carbocycles. The molecule has 1 aromatic heterocycles. The zero-order chi connectivity index (χ0) is 15.6. The summed E-state index contributed by atoms with van der Waals surface area (Å²) in [4.78, 5) is 16.1. The van der Waals surface area contributed by atoms with Crippen molar-refractivity contribution < 1.29 is 9.21 Å². The first-order valence-corrected chi connectivity index (χ1v) is 8.00. The van der Waals surface area contributed by atoms with E-state index in [1.165, 1.54) is 23.9 Å². The Morgan fingerprint density at radius 3 is 2.43 bits per heavy atom. The Kier molecular flexibility index (Phi) is 5.43. The molecule has 1 N–H and O–H groups in total. The lowest BCUT2D eigenvalue weighted by atomic mass is 10.3. The second-order valence-electron chi connectivity index (χ2n) is 4.20. The van der Waals surface area contributed by atoms with Crippen molar-refractivity contribution in [3.05, 3.63) is 38.7 Å². The van der Waals surface area contributed by atoms with Crippen LogP contribution >= 0.6 is 46.6 Å². The zero-order valence-electron chi connectivity index (χ0n) is 11.2. The van der Waals surface area contributed by atoms with Crippen LogP contribution in [0.2, 0.25) is 15.1 Å². The molecule has 0 aliphatic rings. The normalized spacial score (nSPS) is 10.7. The van der Waals surface area contributed by atoms with Crippen molar-refractivity contribution in [2.75, 3.05) is 11.1 Å². The van der Waals surface area contributed by atoms with Gasteiger partial charge in [-0.05, 0) is 26.0 Å². The van der Waals surface area contributed by atoms with Gasteiger partial charge in [0.25, 0.3) is 5.22 Å². The molecule has 8 heteroatoms. The Morgan fingerprint density at radius 2 is 1.90 bits per heavy atom. The molecule has 0 bridgehead atoms. The third-order valence-electron chi connectivity index (χ3n) is 2.61. The van der Waals surface area contributed by atoms with Crippen molar-refractivity contribution >= 4 is 58.2 Å². The van der Waals surface area contributed by atoms with E-state index < -0.39 is 0 Å². The minimum absolute atomic E-state index is 0.134. The van der Waals surface area contributed by atoms with E-state index in [4.69, 9.17) is 39.2 Å². The average Bonchev–Trinajstić information content (AvgIpc) is 2.71. The lowest BCUT2D eigenvalue weighted by Crippen LogP contribution is -2.14. The summed E-state index contributed by atoms with van der Waals surface area (Å²) in [5, 5.41) is 4.08. The molecule has 0 aliphatic heterocycles. The fourth-order valence-corrected chi connectivity index (χ4v) is 3.09. The predicted molar refractivity (Wildman–Crippen MR) is 86.8 cm³/mol. The molecule has 1 amide bonds. The topological polar surface area (TPSA) is 55.1 Å². The predicted octanol–water partition coefficient (Wildman–Crippen LogP) is 4.98. The smallest absolute Gasteiger partial charge is 0.256 e. The number of oxazole rings is 1. The summed E-state index contributed by atoms with van der Waals surface area (Å²) in [6.07, 6.45) is 0. The highest BCUT2D eigenvalue weighted by atomic mass is 35.5. The Bertz CT molecular complexity index is 646. The number of aryl methyl sites for hydroxylation is 2. The van der Waals surface area contributed by atoms with E-state index in [9.17, 15) is 4.79 Å². The maximum Gasteiger partial charge on any atom is 0.256 e. The quantitative estimate of drug-likeness (QED) is 0.776. The number of nitrogens with one attached hydrogen (secondary N) is 1. The third-order valence-corrected chi connectivity index (χ3v) is 4.25. The Hall–Kier alpha value is -0.880. The van der Waals surface area contributed by atoms with Gasteiger partial charge in [0.15, 0.2) is 0 Å². The minimum Gasteiger partial charge on any atom is -0.437 e. The van der Waals surface area contributed by atoms with Crippen LogP contribution in [0.1, 0.15) is 11.5 Å². The summed E-state index contributed by atoms with van der Waals surface area (Å²) < 4.78 is 5.38. The van der Waals surface area contributed by atoms with Gasteiger partial charge < -0.3 is 9.73 Å². The number of thioether (sulfide) groups is 1. The van der Waals surface area contributed by atoms with Crippen LogP contribution in [0.15, 0.2) is 21.8 Å². The largest absolute Gasteiger partial charge is 0.437 e. The van der Waals surface area contributed by atoms with Gasteiger partial charge in [-0.3, -0.25) is 4.79 Å². The molecule has 21 heavy (non-hydrogen) atoms. The minimum atomic E-state index is -0.264. The molecule has 2 aromatic rings. The van der Waals surface area contributed by atoms with Crippen molar-refractivity contribution in [1.29, 1.82) is 0 Å². The van der Waals surface area contributed by atoms with Crippen LogP contribution in [0.5, 0.6) is 0 Å². The lowest BCUT2D eigenvalue weighted by Gasteiger charge is -2.09. The van der Waals surface area contributed by atoms with Crippen LogP contribution in [0.4, 0.5) is 5.69 Å². The van der Waals surface area contributed by atoms with Gasteiger partial charge in [0.1, 0.15) is 5.76 Å². The van der Waals surface area contributed by atoms with Gasteiger partial charge >= 0.3 is 0 Å². The summed E-state index contributed by atoms with van der Waals surface area (Å²) in [5.41, 5.74) is 1.15. The molecule has 1 aromatic carbocycles. The van der Waals surface area contributed by atoms with Crippen molar-refractivity contribution in [3.63, 3.8) is 0 Å². The van der Waals surface area contributed by atoms with Crippen molar-refractivity contribution in [3.8, 4) is 0 Å². The van der Waals surface area contributed by atoms with Crippen molar-refractivity contribution in [2.45, 2.75) is 19.1 Å². The number of carbonyl (C=O) groups is 1.